The number of unbranched alkanes of at least 4 members (excludes halogenated alkanes) is 33. The Labute approximate surface area is 343 Å². The smallest absolute Gasteiger partial charge is 0.306 e. The van der Waals surface area contributed by atoms with Gasteiger partial charge in [0.1, 0.15) is 6.10 Å². The van der Waals surface area contributed by atoms with Crippen molar-refractivity contribution in [3.8, 4) is 0 Å². The summed E-state index contributed by atoms with van der Waals surface area (Å²) in [5, 5.41) is 23.7. The van der Waals surface area contributed by atoms with E-state index in [0.29, 0.717) is 19.3 Å². The minimum absolute atomic E-state index is 0.0871. The topological polar surface area (TPSA) is 95.9 Å². The third kappa shape index (κ3) is 39.5. The van der Waals surface area contributed by atoms with Crippen molar-refractivity contribution in [3.63, 3.8) is 0 Å². The molecule has 0 aromatic rings. The number of carbonyl (C=O) groups is 2. The van der Waals surface area contributed by atoms with E-state index in [-0.39, 0.29) is 24.9 Å². The Hall–Kier alpha value is -1.14. The van der Waals surface area contributed by atoms with E-state index in [1.54, 1.807) is 0 Å². The molecule has 0 saturated heterocycles. The van der Waals surface area contributed by atoms with E-state index in [1.165, 1.54) is 186 Å². The standard InChI is InChI=1S/C49H97NO5/c1-4-7-10-13-16-19-21-22-23-24-25-26-27-29-31-34-37-40-45(55-49(54)42-39-36-33-28-18-15-12-9-6-3)43-48(53)50-46(44-51)47(52)41-38-35-32-30-20-17-14-11-8-5-2/h45-47,51-52H,4-44H2,1-3H3,(H,50,53). The summed E-state index contributed by atoms with van der Waals surface area (Å²) in [6.07, 6.45) is 46.0. The van der Waals surface area contributed by atoms with Gasteiger partial charge in [0.25, 0.3) is 0 Å². The number of nitrogens with one attached hydrogen (secondary N) is 1. The highest BCUT2D eigenvalue weighted by Gasteiger charge is 2.24. The molecule has 328 valence electrons. The molecule has 0 rings (SSSR count). The maximum atomic E-state index is 13.1. The second-order valence-corrected chi connectivity index (χ2v) is 17.2. The lowest BCUT2D eigenvalue weighted by Crippen LogP contribution is -2.46. The van der Waals surface area contributed by atoms with Crippen LogP contribution in [0.3, 0.4) is 0 Å². The van der Waals surface area contributed by atoms with Crippen molar-refractivity contribution in [3.05, 3.63) is 0 Å². The Morgan fingerprint density at radius 1 is 0.455 bits per heavy atom. The fraction of sp³-hybridized carbons (Fsp3) is 0.959. The molecule has 3 atom stereocenters. The van der Waals surface area contributed by atoms with Crippen LogP contribution < -0.4 is 5.32 Å². The molecule has 0 aromatic carbocycles. The highest BCUT2D eigenvalue weighted by molar-refractivity contribution is 5.77. The van der Waals surface area contributed by atoms with Crippen LogP contribution in [0.25, 0.3) is 0 Å². The lowest BCUT2D eigenvalue weighted by atomic mass is 10.0. The lowest BCUT2D eigenvalue weighted by molar-refractivity contribution is -0.151. The highest BCUT2D eigenvalue weighted by atomic mass is 16.5. The van der Waals surface area contributed by atoms with Gasteiger partial charge in [-0.15, -0.1) is 0 Å². The van der Waals surface area contributed by atoms with Gasteiger partial charge in [-0.2, -0.15) is 0 Å². The van der Waals surface area contributed by atoms with Gasteiger partial charge in [0, 0.05) is 6.42 Å². The highest BCUT2D eigenvalue weighted by Crippen LogP contribution is 2.18. The molecule has 0 saturated carbocycles. The molecule has 55 heavy (non-hydrogen) atoms. The average Bonchev–Trinajstić information content (AvgIpc) is 3.18. The first kappa shape index (κ1) is 53.9. The molecule has 3 unspecified atom stereocenters. The number of amides is 1. The monoisotopic (exact) mass is 780 g/mol. The summed E-state index contributed by atoms with van der Waals surface area (Å²) in [6, 6.07) is -0.690. The Morgan fingerprint density at radius 2 is 0.764 bits per heavy atom. The van der Waals surface area contributed by atoms with Gasteiger partial charge in [0.05, 0.1) is 25.2 Å². The van der Waals surface area contributed by atoms with Crippen molar-refractivity contribution in [1.29, 1.82) is 0 Å². The van der Waals surface area contributed by atoms with Crippen LogP contribution >= 0.6 is 0 Å². The first-order chi connectivity index (χ1) is 27.0. The van der Waals surface area contributed by atoms with Crippen LogP contribution in [0.4, 0.5) is 0 Å². The normalized spacial score (nSPS) is 13.2. The van der Waals surface area contributed by atoms with Gasteiger partial charge in [-0.1, -0.05) is 239 Å². The lowest BCUT2D eigenvalue weighted by Gasteiger charge is -2.24. The molecule has 6 nitrogen and oxygen atoms in total. The molecule has 0 aliphatic heterocycles. The van der Waals surface area contributed by atoms with Crippen LogP contribution in [-0.4, -0.2) is 46.9 Å². The predicted molar refractivity (Wildman–Crippen MR) is 237 cm³/mol. The second kappa shape index (κ2) is 44.0. The molecule has 1 amide bonds. The molecule has 0 aliphatic carbocycles. The maximum Gasteiger partial charge on any atom is 0.306 e. The average molecular weight is 780 g/mol. The van der Waals surface area contributed by atoms with E-state index in [2.05, 4.69) is 26.1 Å². The number of hydrogen-bond donors (Lipinski definition) is 3. The van der Waals surface area contributed by atoms with E-state index >= 15 is 0 Å². The number of hydrogen-bond acceptors (Lipinski definition) is 5. The van der Waals surface area contributed by atoms with Gasteiger partial charge >= 0.3 is 5.97 Å². The molecule has 0 spiro atoms. The van der Waals surface area contributed by atoms with E-state index < -0.39 is 18.2 Å². The van der Waals surface area contributed by atoms with Gasteiger partial charge in [-0.3, -0.25) is 9.59 Å². The molecule has 0 radical (unpaired) electrons. The van der Waals surface area contributed by atoms with Crippen LogP contribution in [-0.2, 0) is 14.3 Å². The van der Waals surface area contributed by atoms with E-state index in [9.17, 15) is 19.8 Å². The molecule has 0 fully saturated rings. The van der Waals surface area contributed by atoms with Crippen molar-refractivity contribution in [2.75, 3.05) is 6.61 Å². The Bertz CT molecular complexity index is 791. The molecule has 0 aromatic heterocycles. The Kier molecular flexibility index (Phi) is 43.1. The summed E-state index contributed by atoms with van der Waals surface area (Å²) >= 11 is 0. The fourth-order valence-corrected chi connectivity index (χ4v) is 7.90. The minimum atomic E-state index is -0.777. The quantitative estimate of drug-likeness (QED) is 0.0422. The molecule has 0 aliphatic rings. The third-order valence-electron chi connectivity index (χ3n) is 11.7. The number of esters is 1. The van der Waals surface area contributed by atoms with E-state index in [4.69, 9.17) is 4.74 Å². The zero-order chi connectivity index (χ0) is 40.3. The third-order valence-corrected chi connectivity index (χ3v) is 11.7. The van der Waals surface area contributed by atoms with Crippen LogP contribution in [0.15, 0.2) is 0 Å². The van der Waals surface area contributed by atoms with Gasteiger partial charge < -0.3 is 20.3 Å². The van der Waals surface area contributed by atoms with Crippen LogP contribution in [0.5, 0.6) is 0 Å². The first-order valence-electron chi connectivity index (χ1n) is 24.8. The van der Waals surface area contributed by atoms with Gasteiger partial charge in [-0.25, -0.2) is 0 Å². The fourth-order valence-electron chi connectivity index (χ4n) is 7.90. The predicted octanol–water partition coefficient (Wildman–Crippen LogP) is 14.4. The Balaban J connectivity index is 4.48. The van der Waals surface area contributed by atoms with Crippen LogP contribution in [0.2, 0.25) is 0 Å². The summed E-state index contributed by atoms with van der Waals surface area (Å²) in [4.78, 5) is 26.0. The maximum absolute atomic E-state index is 13.1. The zero-order valence-corrected chi connectivity index (χ0v) is 37.3. The van der Waals surface area contributed by atoms with Crippen molar-refractivity contribution in [1.82, 2.24) is 5.32 Å². The van der Waals surface area contributed by atoms with Crippen molar-refractivity contribution >= 4 is 11.9 Å². The van der Waals surface area contributed by atoms with Gasteiger partial charge in [0.2, 0.25) is 5.91 Å². The summed E-state index contributed by atoms with van der Waals surface area (Å²) in [7, 11) is 0. The molecule has 6 heteroatoms. The molecule has 0 heterocycles. The number of ether oxygens (including phenoxy) is 1. The van der Waals surface area contributed by atoms with Crippen molar-refractivity contribution in [2.24, 2.45) is 0 Å². The van der Waals surface area contributed by atoms with Gasteiger partial charge in [-0.05, 0) is 25.7 Å². The Morgan fingerprint density at radius 3 is 1.11 bits per heavy atom. The molecule has 0 bridgehead atoms. The number of aliphatic hydroxyl groups is 2. The number of carbonyl (C=O) groups excluding carboxylic acids is 2. The summed E-state index contributed by atoms with van der Waals surface area (Å²) < 4.78 is 5.91. The van der Waals surface area contributed by atoms with Gasteiger partial charge in [0.15, 0.2) is 0 Å². The minimum Gasteiger partial charge on any atom is -0.462 e. The summed E-state index contributed by atoms with van der Waals surface area (Å²) in [5.74, 6) is -0.457. The summed E-state index contributed by atoms with van der Waals surface area (Å²) in [5.41, 5.74) is 0. The summed E-state index contributed by atoms with van der Waals surface area (Å²) in [6.45, 7) is 6.48. The second-order valence-electron chi connectivity index (χ2n) is 17.2. The molecular weight excluding hydrogens is 683 g/mol. The number of rotatable bonds is 45. The van der Waals surface area contributed by atoms with E-state index in [1.807, 2.05) is 0 Å². The molecular formula is C49H97NO5. The van der Waals surface area contributed by atoms with Crippen molar-refractivity contribution in [2.45, 2.75) is 296 Å². The largest absolute Gasteiger partial charge is 0.462 e. The van der Waals surface area contributed by atoms with Crippen LogP contribution in [0, 0.1) is 0 Å². The van der Waals surface area contributed by atoms with Crippen molar-refractivity contribution < 1.29 is 24.5 Å². The first-order valence-corrected chi connectivity index (χ1v) is 24.8. The SMILES string of the molecule is CCCCCCCCCCCCCCCCCCCC(CC(=O)NC(CO)C(O)CCCCCCCCCCCC)OC(=O)CCCCCCCCCCC. The number of aliphatic hydroxyl groups excluding tert-OH is 2. The van der Waals surface area contributed by atoms with Crippen LogP contribution in [0.1, 0.15) is 278 Å². The zero-order valence-electron chi connectivity index (χ0n) is 37.3. The molecule has 3 N–H and O–H groups in total. The van der Waals surface area contributed by atoms with E-state index in [0.717, 1.165) is 44.9 Å².